The number of hydrogen-bond donors (Lipinski definition) is 1. The summed E-state index contributed by atoms with van der Waals surface area (Å²) in [6.45, 7) is 4.76. The van der Waals surface area contributed by atoms with Gasteiger partial charge in [0, 0.05) is 6.92 Å². The Kier molecular flexibility index (Phi) is 1.37. The lowest BCUT2D eigenvalue weighted by molar-refractivity contribution is -0.111. The first-order chi connectivity index (χ1) is 4.61. The van der Waals surface area contributed by atoms with E-state index in [1.54, 1.807) is 0 Å². The summed E-state index contributed by atoms with van der Waals surface area (Å²) in [5.74, 6) is -0.247. The maximum Gasteiger partial charge on any atom is 0.346 e. The molecule has 4 heteroatoms. The van der Waals surface area contributed by atoms with Crippen molar-refractivity contribution < 1.29 is 9.59 Å². The molecular formula is C6H6N2O2. The number of aliphatic imine (C=N–C) groups is 1. The van der Waals surface area contributed by atoms with Crippen LogP contribution >= 0.6 is 0 Å². The number of rotatable bonds is 1. The van der Waals surface area contributed by atoms with Crippen molar-refractivity contribution >= 4 is 17.5 Å². The molecule has 1 aliphatic heterocycles. The second-order valence-corrected chi connectivity index (χ2v) is 1.93. The Morgan fingerprint density at radius 1 is 1.70 bits per heavy atom. The number of nitrogens with zero attached hydrogens (tertiary/aromatic N) is 1. The number of nitrogens with one attached hydrogen (secondary N) is 1. The van der Waals surface area contributed by atoms with Gasteiger partial charge >= 0.3 is 6.03 Å². The van der Waals surface area contributed by atoms with Crippen molar-refractivity contribution in [3.63, 3.8) is 0 Å². The highest BCUT2D eigenvalue weighted by Crippen LogP contribution is 2.01. The smallest absolute Gasteiger partial charge is 0.304 e. The molecule has 0 aromatic rings. The average Bonchev–Trinajstić information content (AvgIpc) is 2.10. The molecule has 0 atom stereocenters. The molecule has 0 aromatic heterocycles. The molecule has 10 heavy (non-hydrogen) atoms. The predicted molar refractivity (Wildman–Crippen MR) is 35.8 cm³/mol. The van der Waals surface area contributed by atoms with E-state index in [9.17, 15) is 9.59 Å². The van der Waals surface area contributed by atoms with Crippen molar-refractivity contribution in [3.8, 4) is 0 Å². The molecule has 1 rings (SSSR count). The van der Waals surface area contributed by atoms with Crippen LogP contribution in [0.4, 0.5) is 4.79 Å². The lowest BCUT2D eigenvalue weighted by Crippen LogP contribution is -2.16. The van der Waals surface area contributed by atoms with Gasteiger partial charge in [0.1, 0.15) is 5.71 Å². The predicted octanol–water partition coefficient (Wildman–Crippen LogP) is 0.253. The van der Waals surface area contributed by atoms with E-state index in [1.165, 1.54) is 6.92 Å². The highest BCUT2D eigenvalue weighted by Gasteiger charge is 2.20. The van der Waals surface area contributed by atoms with Crippen LogP contribution in [0.25, 0.3) is 0 Å². The number of allylic oxidation sites excluding steroid dienone is 1. The summed E-state index contributed by atoms with van der Waals surface area (Å²) in [6.07, 6.45) is 0. The van der Waals surface area contributed by atoms with Gasteiger partial charge in [0.15, 0.2) is 5.78 Å². The normalized spacial score (nSPS) is 16.7. The van der Waals surface area contributed by atoms with Gasteiger partial charge in [0.2, 0.25) is 0 Å². The van der Waals surface area contributed by atoms with Crippen LogP contribution < -0.4 is 5.32 Å². The number of carbonyl (C=O) groups excluding carboxylic acids is 2. The van der Waals surface area contributed by atoms with Crippen LogP contribution in [0.3, 0.4) is 0 Å². The van der Waals surface area contributed by atoms with Crippen LogP contribution in [0.5, 0.6) is 0 Å². The molecule has 0 saturated carbocycles. The second kappa shape index (κ2) is 2.06. The van der Waals surface area contributed by atoms with Gasteiger partial charge in [-0.15, -0.1) is 0 Å². The standard InChI is InChI=1S/C6H6N2O2/c1-3-5(4(2)9)8-6(10)7-3/h1H2,2H3,(H,7,10). The van der Waals surface area contributed by atoms with E-state index in [1.807, 2.05) is 0 Å². The molecule has 1 aliphatic rings. The largest absolute Gasteiger partial charge is 0.346 e. The van der Waals surface area contributed by atoms with Crippen LogP contribution in [-0.2, 0) is 4.79 Å². The van der Waals surface area contributed by atoms with Crippen LogP contribution in [0.15, 0.2) is 17.3 Å². The molecule has 1 heterocycles. The van der Waals surface area contributed by atoms with E-state index in [2.05, 4.69) is 16.9 Å². The van der Waals surface area contributed by atoms with Gasteiger partial charge < -0.3 is 5.32 Å². The van der Waals surface area contributed by atoms with E-state index in [-0.39, 0.29) is 17.2 Å². The summed E-state index contributed by atoms with van der Waals surface area (Å²) in [5.41, 5.74) is 0.419. The zero-order valence-electron chi connectivity index (χ0n) is 5.47. The minimum Gasteiger partial charge on any atom is -0.304 e. The number of ketones is 1. The van der Waals surface area contributed by atoms with Crippen LogP contribution in [0.2, 0.25) is 0 Å². The Morgan fingerprint density at radius 3 is 2.50 bits per heavy atom. The van der Waals surface area contributed by atoms with Crippen molar-refractivity contribution in [1.29, 1.82) is 0 Å². The molecule has 0 bridgehead atoms. The first-order valence-corrected chi connectivity index (χ1v) is 2.71. The number of carbonyl (C=O) groups is 2. The van der Waals surface area contributed by atoms with E-state index in [0.29, 0.717) is 0 Å². The number of amides is 2. The average molecular weight is 138 g/mol. The van der Waals surface area contributed by atoms with Crippen LogP contribution in [0.1, 0.15) is 6.92 Å². The monoisotopic (exact) mass is 138 g/mol. The summed E-state index contributed by atoms with van der Waals surface area (Å²) in [4.78, 5) is 24.5. The Hall–Kier alpha value is -1.45. The van der Waals surface area contributed by atoms with Crippen molar-refractivity contribution in [3.05, 3.63) is 12.3 Å². The summed E-state index contributed by atoms with van der Waals surface area (Å²) in [7, 11) is 0. The molecule has 2 amide bonds. The first-order valence-electron chi connectivity index (χ1n) is 2.71. The maximum absolute atomic E-state index is 10.6. The Bertz CT molecular complexity index is 252. The highest BCUT2D eigenvalue weighted by atomic mass is 16.2. The summed E-state index contributed by atoms with van der Waals surface area (Å²) in [5, 5.41) is 2.29. The Morgan fingerprint density at radius 2 is 2.30 bits per heavy atom. The molecule has 0 unspecified atom stereocenters. The number of urea groups is 1. The Balaban J connectivity index is 2.96. The highest BCUT2D eigenvalue weighted by molar-refractivity contribution is 6.48. The third kappa shape index (κ3) is 0.953. The first kappa shape index (κ1) is 6.67. The molecule has 1 N–H and O–H groups in total. The van der Waals surface area contributed by atoms with Gasteiger partial charge in [0.05, 0.1) is 5.70 Å². The zero-order valence-corrected chi connectivity index (χ0v) is 5.47. The van der Waals surface area contributed by atoms with Gasteiger partial charge in [-0.2, -0.15) is 4.99 Å². The summed E-state index contributed by atoms with van der Waals surface area (Å²) >= 11 is 0. The topological polar surface area (TPSA) is 58.5 Å². The van der Waals surface area contributed by atoms with Crippen LogP contribution in [-0.4, -0.2) is 17.5 Å². The van der Waals surface area contributed by atoms with E-state index in [4.69, 9.17) is 0 Å². The molecule has 0 aliphatic carbocycles. The summed E-state index contributed by atoms with van der Waals surface area (Å²) < 4.78 is 0. The third-order valence-electron chi connectivity index (χ3n) is 1.09. The van der Waals surface area contributed by atoms with Crippen molar-refractivity contribution in [2.45, 2.75) is 6.92 Å². The van der Waals surface area contributed by atoms with Crippen molar-refractivity contribution in [1.82, 2.24) is 5.32 Å². The molecule has 0 spiro atoms. The number of hydrogen-bond acceptors (Lipinski definition) is 2. The quantitative estimate of drug-likeness (QED) is 0.564. The maximum atomic E-state index is 10.6. The van der Waals surface area contributed by atoms with Crippen LogP contribution in [0, 0.1) is 0 Å². The molecule has 0 fully saturated rings. The molecule has 52 valence electrons. The van der Waals surface area contributed by atoms with Crippen molar-refractivity contribution in [2.75, 3.05) is 0 Å². The number of Topliss-reactive ketones (excluding diaryl/α,β-unsaturated/α-hetero) is 1. The summed E-state index contributed by atoms with van der Waals surface area (Å²) in [6, 6.07) is -0.518. The van der Waals surface area contributed by atoms with Gasteiger partial charge in [-0.05, 0) is 0 Å². The van der Waals surface area contributed by atoms with Gasteiger partial charge in [-0.25, -0.2) is 4.79 Å². The van der Waals surface area contributed by atoms with E-state index in [0.717, 1.165) is 0 Å². The Labute approximate surface area is 57.6 Å². The minimum absolute atomic E-state index is 0.130. The lowest BCUT2D eigenvalue weighted by atomic mass is 10.2. The lowest BCUT2D eigenvalue weighted by Gasteiger charge is -1.92. The molecule has 0 aromatic carbocycles. The zero-order chi connectivity index (χ0) is 7.72. The fraction of sp³-hybridized carbons (Fsp3) is 0.167. The molecule has 4 nitrogen and oxygen atoms in total. The molecular weight excluding hydrogens is 132 g/mol. The fourth-order valence-corrected chi connectivity index (χ4v) is 0.676. The molecule has 0 radical (unpaired) electrons. The van der Waals surface area contributed by atoms with Gasteiger partial charge in [-0.3, -0.25) is 4.79 Å². The minimum atomic E-state index is -0.518. The van der Waals surface area contributed by atoms with Gasteiger partial charge in [0.25, 0.3) is 0 Å². The SMILES string of the molecule is C=C1NC(=O)N=C1C(C)=O. The van der Waals surface area contributed by atoms with Crippen molar-refractivity contribution in [2.24, 2.45) is 4.99 Å². The molecule has 0 saturated heterocycles. The van der Waals surface area contributed by atoms with E-state index >= 15 is 0 Å². The second-order valence-electron chi connectivity index (χ2n) is 1.93. The third-order valence-corrected chi connectivity index (χ3v) is 1.09. The van der Waals surface area contributed by atoms with E-state index < -0.39 is 6.03 Å². The van der Waals surface area contributed by atoms with Gasteiger partial charge in [-0.1, -0.05) is 6.58 Å². The fourth-order valence-electron chi connectivity index (χ4n) is 0.676.